The molecule has 0 saturated heterocycles. The molecule has 0 aliphatic carbocycles. The Hall–Kier alpha value is -1.59. The van der Waals surface area contributed by atoms with Gasteiger partial charge in [0, 0.05) is 19.3 Å². The molecule has 2 rings (SSSR count). The Balaban J connectivity index is 2.27. The lowest BCUT2D eigenvalue weighted by Gasteiger charge is -2.29. The zero-order valence-corrected chi connectivity index (χ0v) is 11.3. The predicted molar refractivity (Wildman–Crippen MR) is 71.9 cm³/mol. The van der Waals surface area contributed by atoms with Gasteiger partial charge in [-0.1, -0.05) is 24.6 Å². The molecular weight excluding hydrogens is 268 g/mol. The van der Waals surface area contributed by atoms with E-state index in [0.717, 1.165) is 11.1 Å². The largest absolute Gasteiger partial charge is 0.465 e. The van der Waals surface area contributed by atoms with Gasteiger partial charge in [0.25, 0.3) is 0 Å². The van der Waals surface area contributed by atoms with E-state index < -0.39 is 6.09 Å². The van der Waals surface area contributed by atoms with E-state index in [4.69, 9.17) is 21.8 Å². The summed E-state index contributed by atoms with van der Waals surface area (Å²) in [6.45, 7) is 2.60. The summed E-state index contributed by atoms with van der Waals surface area (Å²) in [5.74, 6) is 0.0858. The van der Waals surface area contributed by atoms with Crippen molar-refractivity contribution in [3.63, 3.8) is 0 Å². The van der Waals surface area contributed by atoms with Crippen molar-refractivity contribution in [2.75, 3.05) is 13.1 Å². The predicted octanol–water partition coefficient (Wildman–Crippen LogP) is 2.24. The number of halogens is 1. The Morgan fingerprint density at radius 2 is 2.37 bits per heavy atom. The van der Waals surface area contributed by atoms with Gasteiger partial charge in [0.1, 0.15) is 0 Å². The lowest BCUT2D eigenvalue weighted by atomic mass is 9.91. The highest BCUT2D eigenvalue weighted by atomic mass is 35.5. The van der Waals surface area contributed by atoms with Crippen molar-refractivity contribution in [3.05, 3.63) is 34.6 Å². The summed E-state index contributed by atoms with van der Waals surface area (Å²) in [6.07, 6.45) is 2.64. The second-order valence-corrected chi connectivity index (χ2v) is 4.97. The van der Waals surface area contributed by atoms with Crippen LogP contribution in [0.2, 0.25) is 5.02 Å². The number of carbonyl (C=O) groups is 1. The Morgan fingerprint density at radius 3 is 2.89 bits per heavy atom. The van der Waals surface area contributed by atoms with E-state index in [0.29, 0.717) is 23.8 Å². The van der Waals surface area contributed by atoms with Crippen molar-refractivity contribution in [1.82, 2.24) is 9.88 Å². The Kier molecular flexibility index (Phi) is 4.07. The maximum atomic E-state index is 10.9. The summed E-state index contributed by atoms with van der Waals surface area (Å²) in [5, 5.41) is 18.4. The molecule has 5 nitrogen and oxygen atoms in total. The third-order valence-corrected chi connectivity index (χ3v) is 3.56. The molecule has 0 bridgehead atoms. The van der Waals surface area contributed by atoms with Gasteiger partial charge in [-0.25, -0.2) is 4.79 Å². The van der Waals surface area contributed by atoms with Gasteiger partial charge in [-0.05, 0) is 23.1 Å². The van der Waals surface area contributed by atoms with E-state index in [2.05, 4.69) is 4.98 Å². The van der Waals surface area contributed by atoms with E-state index >= 15 is 0 Å². The van der Waals surface area contributed by atoms with Crippen LogP contribution in [0, 0.1) is 5.92 Å². The molecule has 0 saturated carbocycles. The minimum absolute atomic E-state index is 0.0858. The highest BCUT2D eigenvalue weighted by molar-refractivity contribution is 6.31. The molecule has 6 heteroatoms. The van der Waals surface area contributed by atoms with Crippen LogP contribution in [0.15, 0.2) is 18.3 Å². The maximum absolute atomic E-state index is 10.9. The molecule has 0 aromatic carbocycles. The summed E-state index contributed by atoms with van der Waals surface area (Å²) in [7, 11) is 0. The van der Waals surface area contributed by atoms with E-state index in [9.17, 15) is 4.79 Å². The number of rotatable bonds is 2. The standard InChI is InChI=1S/C13H15ClN2O3/c1-8-6-16(13(18)19)3-2-10(8)9-4-11(14)12(7-17)15-5-9/h2,4-5,8,17H,3,6-7H2,1H3,(H,18,19). The highest BCUT2D eigenvalue weighted by Gasteiger charge is 2.23. The van der Waals surface area contributed by atoms with Crippen LogP contribution in [0.25, 0.3) is 5.57 Å². The molecule has 19 heavy (non-hydrogen) atoms. The van der Waals surface area contributed by atoms with Gasteiger partial charge in [-0.2, -0.15) is 0 Å². The van der Waals surface area contributed by atoms with Crippen LogP contribution in [0.3, 0.4) is 0 Å². The zero-order valence-electron chi connectivity index (χ0n) is 10.5. The quantitative estimate of drug-likeness (QED) is 0.872. The molecule has 1 aliphatic rings. The van der Waals surface area contributed by atoms with Gasteiger partial charge in [0.2, 0.25) is 0 Å². The number of aliphatic hydroxyl groups excluding tert-OH is 1. The number of aromatic nitrogens is 1. The summed E-state index contributed by atoms with van der Waals surface area (Å²) in [4.78, 5) is 16.4. The first kappa shape index (κ1) is 13.8. The fraction of sp³-hybridized carbons (Fsp3) is 0.385. The number of carboxylic acid groups (broad SMARTS) is 1. The van der Waals surface area contributed by atoms with Crippen LogP contribution in [0.5, 0.6) is 0 Å². The minimum Gasteiger partial charge on any atom is -0.465 e. The minimum atomic E-state index is -0.908. The number of hydrogen-bond donors (Lipinski definition) is 2. The van der Waals surface area contributed by atoms with Crippen molar-refractivity contribution >= 4 is 23.3 Å². The first-order chi connectivity index (χ1) is 9.02. The molecule has 0 radical (unpaired) electrons. The molecule has 0 spiro atoms. The molecule has 1 amide bonds. The van der Waals surface area contributed by atoms with Gasteiger partial charge in [0.05, 0.1) is 17.3 Å². The molecule has 2 N–H and O–H groups in total. The smallest absolute Gasteiger partial charge is 0.407 e. The molecule has 2 heterocycles. The van der Waals surface area contributed by atoms with Crippen molar-refractivity contribution in [1.29, 1.82) is 0 Å². The summed E-state index contributed by atoms with van der Waals surface area (Å²) in [5.41, 5.74) is 2.36. The average molecular weight is 283 g/mol. The second kappa shape index (κ2) is 5.59. The van der Waals surface area contributed by atoms with Crippen molar-refractivity contribution < 1.29 is 15.0 Å². The van der Waals surface area contributed by atoms with Crippen LogP contribution < -0.4 is 0 Å². The van der Waals surface area contributed by atoms with Crippen molar-refractivity contribution in [3.8, 4) is 0 Å². The zero-order chi connectivity index (χ0) is 14.0. The topological polar surface area (TPSA) is 73.7 Å². The summed E-state index contributed by atoms with van der Waals surface area (Å²) < 4.78 is 0. The first-order valence-corrected chi connectivity index (χ1v) is 6.34. The average Bonchev–Trinajstić information content (AvgIpc) is 2.38. The normalized spacial score (nSPS) is 19.2. The van der Waals surface area contributed by atoms with Gasteiger partial charge < -0.3 is 15.1 Å². The molecule has 102 valence electrons. The number of amides is 1. The van der Waals surface area contributed by atoms with Gasteiger partial charge in [-0.15, -0.1) is 0 Å². The highest BCUT2D eigenvalue weighted by Crippen LogP contribution is 2.29. The van der Waals surface area contributed by atoms with E-state index in [1.165, 1.54) is 4.90 Å². The Labute approximate surface area is 116 Å². The van der Waals surface area contributed by atoms with Gasteiger partial charge >= 0.3 is 6.09 Å². The molecule has 1 aliphatic heterocycles. The number of pyridine rings is 1. The SMILES string of the molecule is CC1CN(C(=O)O)CC=C1c1cnc(CO)c(Cl)c1. The molecule has 1 unspecified atom stereocenters. The van der Waals surface area contributed by atoms with Crippen LogP contribution >= 0.6 is 11.6 Å². The maximum Gasteiger partial charge on any atom is 0.407 e. The van der Waals surface area contributed by atoms with Crippen LogP contribution in [0.1, 0.15) is 18.2 Å². The summed E-state index contributed by atoms with van der Waals surface area (Å²) >= 11 is 6.02. The van der Waals surface area contributed by atoms with Crippen LogP contribution in [-0.2, 0) is 6.61 Å². The lowest BCUT2D eigenvalue weighted by molar-refractivity contribution is 0.145. The molecule has 0 fully saturated rings. The Morgan fingerprint density at radius 1 is 1.63 bits per heavy atom. The number of nitrogens with zero attached hydrogens (tertiary/aromatic N) is 2. The van der Waals surface area contributed by atoms with E-state index in [1.807, 2.05) is 13.0 Å². The van der Waals surface area contributed by atoms with Gasteiger partial charge in [-0.3, -0.25) is 4.98 Å². The molecule has 1 aromatic heterocycles. The first-order valence-electron chi connectivity index (χ1n) is 5.96. The van der Waals surface area contributed by atoms with E-state index in [1.54, 1.807) is 12.3 Å². The molecule has 1 atom stereocenters. The van der Waals surface area contributed by atoms with Crippen molar-refractivity contribution in [2.24, 2.45) is 5.92 Å². The summed E-state index contributed by atoms with van der Waals surface area (Å²) in [6, 6.07) is 1.76. The van der Waals surface area contributed by atoms with Gasteiger partial charge in [0.15, 0.2) is 0 Å². The van der Waals surface area contributed by atoms with E-state index in [-0.39, 0.29) is 12.5 Å². The van der Waals surface area contributed by atoms with Crippen molar-refractivity contribution in [2.45, 2.75) is 13.5 Å². The molecule has 1 aromatic rings. The number of hydrogen-bond acceptors (Lipinski definition) is 3. The third-order valence-electron chi connectivity index (χ3n) is 3.23. The Bertz CT molecular complexity index is 531. The van der Waals surface area contributed by atoms with Crippen LogP contribution in [0.4, 0.5) is 4.79 Å². The monoisotopic (exact) mass is 282 g/mol. The van der Waals surface area contributed by atoms with Crippen LogP contribution in [-0.4, -0.2) is 39.3 Å². The third kappa shape index (κ3) is 2.88. The fourth-order valence-corrected chi connectivity index (χ4v) is 2.44. The fourth-order valence-electron chi connectivity index (χ4n) is 2.21. The molecular formula is C13H15ClN2O3. The number of aliphatic hydroxyl groups is 1. The lowest BCUT2D eigenvalue weighted by Crippen LogP contribution is -2.37. The second-order valence-electron chi connectivity index (χ2n) is 4.56.